The second-order valence-corrected chi connectivity index (χ2v) is 9.17. The van der Waals surface area contributed by atoms with E-state index in [1.807, 2.05) is 0 Å². The van der Waals surface area contributed by atoms with E-state index in [9.17, 15) is 35.5 Å². The van der Waals surface area contributed by atoms with E-state index in [2.05, 4.69) is 10.6 Å². The van der Waals surface area contributed by atoms with E-state index in [0.717, 1.165) is 0 Å². The molecule has 0 aromatic heterocycles. The molecule has 0 fully saturated rings. The Morgan fingerprint density at radius 2 is 1.00 bits per heavy atom. The monoisotopic (exact) mass is 440 g/mol. The second-order valence-electron chi connectivity index (χ2n) is 6.12. The topological polar surface area (TPSA) is 173 Å². The summed E-state index contributed by atoms with van der Waals surface area (Å²) >= 11 is 0. The van der Waals surface area contributed by atoms with Crippen molar-refractivity contribution in [3.63, 3.8) is 0 Å². The van der Waals surface area contributed by atoms with Crippen molar-refractivity contribution in [2.75, 3.05) is 24.6 Å². The van der Waals surface area contributed by atoms with Gasteiger partial charge in [0.1, 0.15) is 0 Å². The number of hydrogen-bond donors (Lipinski definition) is 2. The van der Waals surface area contributed by atoms with Crippen molar-refractivity contribution >= 4 is 55.1 Å². The van der Waals surface area contributed by atoms with E-state index in [-0.39, 0.29) is 72.6 Å². The summed E-state index contributed by atoms with van der Waals surface area (Å²) in [4.78, 5) is 21.9. The van der Waals surface area contributed by atoms with Crippen LogP contribution in [0.1, 0.15) is 40.5 Å². The van der Waals surface area contributed by atoms with E-state index in [4.69, 9.17) is 0 Å². The summed E-state index contributed by atoms with van der Waals surface area (Å²) < 4.78 is 60.8. The third-order valence-electron chi connectivity index (χ3n) is 2.79. The van der Waals surface area contributed by atoms with Gasteiger partial charge in [-0.1, -0.05) is 27.7 Å². The molecule has 0 aliphatic carbocycles. The number of hydrogen-bond acceptors (Lipinski definition) is 8. The minimum absolute atomic E-state index is 0. The summed E-state index contributed by atoms with van der Waals surface area (Å²) in [5, 5.41) is 5.02. The number of nitrogens with one attached hydrogen (secondary N) is 2. The Balaban J connectivity index is -0.000000411. The molecule has 0 aliphatic rings. The zero-order chi connectivity index (χ0) is 21.0. The molecule has 27 heavy (non-hydrogen) atoms. The molecule has 0 bridgehead atoms. The predicted molar refractivity (Wildman–Crippen MR) is 99.8 cm³/mol. The van der Waals surface area contributed by atoms with Crippen LogP contribution in [0, 0.1) is 11.8 Å². The molecule has 0 unspecified atom stereocenters. The van der Waals surface area contributed by atoms with Gasteiger partial charge < -0.3 is 19.7 Å². The molecule has 0 atom stereocenters. The van der Waals surface area contributed by atoms with Gasteiger partial charge in [0.25, 0.3) is 0 Å². The van der Waals surface area contributed by atoms with Gasteiger partial charge in [0.2, 0.25) is 11.8 Å². The Morgan fingerprint density at radius 3 is 1.19 bits per heavy atom. The normalized spacial score (nSPS) is 11.3. The van der Waals surface area contributed by atoms with Crippen LogP contribution in [0.15, 0.2) is 0 Å². The van der Waals surface area contributed by atoms with Gasteiger partial charge in [0.15, 0.2) is 0 Å². The maximum absolute atomic E-state index is 10.9. The fraction of sp³-hybridized carbons (Fsp3) is 0.857. The van der Waals surface area contributed by atoms with Gasteiger partial charge in [-0.3, -0.25) is 9.59 Å². The first-order valence-electron chi connectivity index (χ1n) is 8.08. The molecular weight excluding hydrogens is 413 g/mol. The molecule has 2 amide bonds. The van der Waals surface area contributed by atoms with Crippen molar-refractivity contribution in [1.29, 1.82) is 0 Å². The molecule has 0 heterocycles. The van der Waals surface area contributed by atoms with Gasteiger partial charge in [-0.25, -0.2) is 16.8 Å². The summed E-state index contributed by atoms with van der Waals surface area (Å²) in [6.07, 6.45) is 0.342. The summed E-state index contributed by atoms with van der Waals surface area (Å²) in [7, 11) is -8.29. The van der Waals surface area contributed by atoms with E-state index >= 15 is 0 Å². The first-order chi connectivity index (χ1) is 11.7. The molecular formula is C14H28MgN2O8S2. The van der Waals surface area contributed by atoms with E-state index < -0.39 is 31.7 Å². The van der Waals surface area contributed by atoms with Crippen LogP contribution < -0.4 is 10.6 Å². The zero-order valence-corrected chi connectivity index (χ0v) is 19.2. The summed E-state index contributed by atoms with van der Waals surface area (Å²) in [6.45, 7) is 7.41. The van der Waals surface area contributed by atoms with Crippen LogP contribution in [0.25, 0.3) is 0 Å². The molecule has 13 heteroatoms. The maximum atomic E-state index is 10.9. The smallest absolute Gasteiger partial charge is 0.748 e. The van der Waals surface area contributed by atoms with Crippen molar-refractivity contribution in [2.45, 2.75) is 40.5 Å². The van der Waals surface area contributed by atoms with E-state index in [1.54, 1.807) is 27.7 Å². The molecule has 0 aromatic carbocycles. The van der Waals surface area contributed by atoms with Crippen LogP contribution in [0.4, 0.5) is 0 Å². The van der Waals surface area contributed by atoms with Gasteiger partial charge in [-0.15, -0.1) is 0 Å². The quantitative estimate of drug-likeness (QED) is 0.247. The van der Waals surface area contributed by atoms with Crippen LogP contribution in [-0.2, 0) is 29.8 Å². The number of amides is 2. The molecule has 0 saturated heterocycles. The minimum Gasteiger partial charge on any atom is -0.748 e. The van der Waals surface area contributed by atoms with Crippen molar-refractivity contribution in [2.24, 2.45) is 11.8 Å². The first-order valence-corrected chi connectivity index (χ1v) is 11.2. The van der Waals surface area contributed by atoms with Gasteiger partial charge >= 0.3 is 23.1 Å². The van der Waals surface area contributed by atoms with Crippen LogP contribution in [0.5, 0.6) is 0 Å². The molecule has 0 radical (unpaired) electrons. The molecule has 2 N–H and O–H groups in total. The summed E-state index contributed by atoms with van der Waals surface area (Å²) in [6, 6.07) is 0. The maximum Gasteiger partial charge on any atom is 2.00 e. The molecule has 10 nitrogen and oxygen atoms in total. The second kappa shape index (κ2) is 15.4. The van der Waals surface area contributed by atoms with Gasteiger partial charge in [0, 0.05) is 36.4 Å². The largest absolute Gasteiger partial charge is 2.00 e. The molecule has 0 aliphatic heterocycles. The van der Waals surface area contributed by atoms with E-state index in [0.29, 0.717) is 0 Å². The molecule has 156 valence electrons. The third kappa shape index (κ3) is 25.5. The molecule has 0 rings (SSSR count). The fourth-order valence-corrected chi connectivity index (χ4v) is 2.33. The van der Waals surface area contributed by atoms with Crippen molar-refractivity contribution in [1.82, 2.24) is 10.6 Å². The Labute approximate surface area is 177 Å². The Kier molecular flexibility index (Phi) is 17.9. The number of carbonyl (C=O) groups is 2. The zero-order valence-electron chi connectivity index (χ0n) is 16.2. The number of rotatable bonds is 10. The Bertz CT molecular complexity index is 578. The molecule has 0 spiro atoms. The molecule has 0 aromatic rings. The van der Waals surface area contributed by atoms with E-state index in [1.165, 1.54) is 0 Å². The van der Waals surface area contributed by atoms with Gasteiger partial charge in [-0.2, -0.15) is 0 Å². The van der Waals surface area contributed by atoms with Gasteiger partial charge in [-0.05, 0) is 12.8 Å². The standard InChI is InChI=1S/2C7H15NO4S.Mg/c2*1-6(2)7(9)8-4-3-5-13(10,11)12;/h2*6H,3-5H2,1-2H3,(H,8,9)(H,10,11,12);/q;;+2/p-2. The Morgan fingerprint density at radius 1 is 0.741 bits per heavy atom. The summed E-state index contributed by atoms with van der Waals surface area (Å²) in [5.74, 6) is -1.36. The van der Waals surface area contributed by atoms with Crippen LogP contribution >= 0.6 is 0 Å². The number of carbonyl (C=O) groups excluding carboxylic acids is 2. The van der Waals surface area contributed by atoms with Gasteiger partial charge in [0.05, 0.1) is 20.2 Å². The van der Waals surface area contributed by atoms with Crippen LogP contribution in [0.3, 0.4) is 0 Å². The van der Waals surface area contributed by atoms with Crippen molar-refractivity contribution < 1.29 is 35.5 Å². The van der Waals surface area contributed by atoms with Crippen LogP contribution in [0.2, 0.25) is 0 Å². The van der Waals surface area contributed by atoms with Crippen LogP contribution in [-0.4, -0.2) is 85.4 Å². The fourth-order valence-electron chi connectivity index (χ4n) is 1.33. The average molecular weight is 441 g/mol. The van der Waals surface area contributed by atoms with Crippen molar-refractivity contribution in [3.8, 4) is 0 Å². The minimum atomic E-state index is -4.14. The SMILES string of the molecule is CC(C)C(=O)NCCCS(=O)(=O)[O-].CC(C)C(=O)NCCCS(=O)(=O)[O-].[Mg+2]. The average Bonchev–Trinajstić information content (AvgIpc) is 2.46. The third-order valence-corrected chi connectivity index (χ3v) is 4.37. The first kappa shape index (κ1) is 31.2. The molecule has 0 saturated carbocycles. The van der Waals surface area contributed by atoms with Crippen molar-refractivity contribution in [3.05, 3.63) is 0 Å². The summed E-state index contributed by atoms with van der Waals surface area (Å²) in [5.41, 5.74) is 0. The Hall–Kier alpha value is -0.474. The predicted octanol–water partition coefficient (Wildman–Crippen LogP) is -0.993.